The maximum Gasteiger partial charge on any atom is 0.260 e. The van der Waals surface area contributed by atoms with Crippen LogP contribution in [0.25, 0.3) is 10.2 Å². The van der Waals surface area contributed by atoms with Gasteiger partial charge < -0.3 is 4.57 Å². The molecule has 9 heteroatoms. The van der Waals surface area contributed by atoms with Crippen LogP contribution in [0.5, 0.6) is 0 Å². The molecule has 0 bridgehead atoms. The van der Waals surface area contributed by atoms with E-state index in [0.717, 1.165) is 22.0 Å². The number of carbonyl (C=O) groups is 1. The van der Waals surface area contributed by atoms with E-state index < -0.39 is 9.84 Å². The number of thiazole rings is 1. The summed E-state index contributed by atoms with van der Waals surface area (Å²) in [6.07, 6.45) is 7.17. The maximum atomic E-state index is 13.5. The van der Waals surface area contributed by atoms with Crippen LogP contribution in [0.3, 0.4) is 0 Å². The van der Waals surface area contributed by atoms with Crippen LogP contribution in [0.4, 0.5) is 5.13 Å². The van der Waals surface area contributed by atoms with Gasteiger partial charge in [-0.25, -0.2) is 18.4 Å². The largest absolute Gasteiger partial charge is 0.337 e. The summed E-state index contributed by atoms with van der Waals surface area (Å²) in [4.78, 5) is 24.0. The van der Waals surface area contributed by atoms with Crippen molar-refractivity contribution in [2.24, 2.45) is 0 Å². The summed E-state index contributed by atoms with van der Waals surface area (Å²) in [5.41, 5.74) is 2.24. The van der Waals surface area contributed by atoms with Gasteiger partial charge in [-0.2, -0.15) is 0 Å². The molecule has 31 heavy (non-hydrogen) atoms. The summed E-state index contributed by atoms with van der Waals surface area (Å²) >= 11 is 1.46. The van der Waals surface area contributed by atoms with E-state index in [4.69, 9.17) is 4.98 Å². The molecule has 0 unspecified atom stereocenters. The molecule has 7 nitrogen and oxygen atoms in total. The number of rotatable bonds is 7. The van der Waals surface area contributed by atoms with Crippen LogP contribution in [-0.4, -0.2) is 41.7 Å². The van der Waals surface area contributed by atoms with E-state index in [9.17, 15) is 13.2 Å². The summed E-state index contributed by atoms with van der Waals surface area (Å²) in [5, 5.41) is 0.602. The number of nitrogens with zero attached hydrogens (tertiary/aromatic N) is 4. The van der Waals surface area contributed by atoms with Crippen molar-refractivity contribution in [2.75, 3.05) is 17.7 Å². The van der Waals surface area contributed by atoms with Crippen molar-refractivity contribution in [2.45, 2.75) is 24.8 Å². The molecule has 1 amide bonds. The van der Waals surface area contributed by atoms with E-state index in [1.807, 2.05) is 35.9 Å². The Bertz CT molecular complexity index is 1330. The standard InChI is InChI=1S/C22H22N4O3S2/c1-16-6-3-9-19-20(16)24-22(30-19)26(12-5-11-25-13-10-23-15-25)21(27)17-7-4-8-18(14-17)31(2,28)29/h3-4,6-10,13-15H,5,11-12H2,1-2H3. The third-order valence-corrected chi connectivity index (χ3v) is 7.11. The summed E-state index contributed by atoms with van der Waals surface area (Å²) < 4.78 is 26.9. The Morgan fingerprint density at radius 3 is 2.71 bits per heavy atom. The van der Waals surface area contributed by atoms with E-state index in [2.05, 4.69) is 4.98 Å². The number of imidazole rings is 1. The van der Waals surface area contributed by atoms with Crippen LogP contribution in [0.2, 0.25) is 0 Å². The zero-order valence-electron chi connectivity index (χ0n) is 17.2. The molecule has 160 valence electrons. The van der Waals surface area contributed by atoms with E-state index >= 15 is 0 Å². The van der Waals surface area contributed by atoms with Crippen LogP contribution in [0.15, 0.2) is 66.1 Å². The first-order valence-corrected chi connectivity index (χ1v) is 12.5. The molecule has 4 rings (SSSR count). The lowest BCUT2D eigenvalue weighted by Gasteiger charge is -2.20. The minimum absolute atomic E-state index is 0.122. The minimum Gasteiger partial charge on any atom is -0.337 e. The third kappa shape index (κ3) is 4.67. The van der Waals surface area contributed by atoms with Gasteiger partial charge >= 0.3 is 0 Å². The quantitative estimate of drug-likeness (QED) is 0.422. The monoisotopic (exact) mass is 454 g/mol. The average molecular weight is 455 g/mol. The SMILES string of the molecule is Cc1cccc2sc(N(CCCn3ccnc3)C(=O)c3cccc(S(C)(=O)=O)c3)nc12. The highest BCUT2D eigenvalue weighted by atomic mass is 32.2. The Labute approximate surface area is 184 Å². The number of aromatic nitrogens is 3. The van der Waals surface area contributed by atoms with Crippen LogP contribution >= 0.6 is 11.3 Å². The molecule has 0 atom stereocenters. The lowest BCUT2D eigenvalue weighted by molar-refractivity contribution is 0.0986. The number of hydrogen-bond acceptors (Lipinski definition) is 6. The first-order chi connectivity index (χ1) is 14.8. The first kappa shape index (κ1) is 21.2. The predicted molar refractivity (Wildman–Crippen MR) is 122 cm³/mol. The molecule has 0 aliphatic rings. The fourth-order valence-electron chi connectivity index (χ4n) is 3.32. The van der Waals surface area contributed by atoms with Crippen LogP contribution < -0.4 is 4.90 Å². The molecule has 0 fully saturated rings. The summed E-state index contributed by atoms with van der Waals surface area (Å²) in [6.45, 7) is 3.14. The molecule has 0 aliphatic carbocycles. The van der Waals surface area contributed by atoms with Gasteiger partial charge in [0, 0.05) is 37.3 Å². The van der Waals surface area contributed by atoms with Crippen molar-refractivity contribution >= 4 is 42.4 Å². The Balaban J connectivity index is 1.68. The zero-order chi connectivity index (χ0) is 22.0. The van der Waals surface area contributed by atoms with Gasteiger partial charge in [-0.15, -0.1) is 0 Å². The molecular formula is C22H22N4O3S2. The number of anilines is 1. The Morgan fingerprint density at radius 2 is 2.00 bits per heavy atom. The third-order valence-electron chi connectivity index (χ3n) is 4.95. The van der Waals surface area contributed by atoms with Crippen molar-refractivity contribution < 1.29 is 13.2 Å². The normalized spacial score (nSPS) is 11.7. The van der Waals surface area contributed by atoms with Crippen LogP contribution in [0, 0.1) is 6.92 Å². The highest BCUT2D eigenvalue weighted by Gasteiger charge is 2.22. The van der Waals surface area contributed by atoms with Gasteiger partial charge in [0.15, 0.2) is 15.0 Å². The van der Waals surface area contributed by atoms with Crippen molar-refractivity contribution in [1.29, 1.82) is 0 Å². The lowest BCUT2D eigenvalue weighted by atomic mass is 10.2. The molecule has 0 N–H and O–H groups in total. The van der Waals surface area contributed by atoms with E-state index in [-0.39, 0.29) is 10.8 Å². The molecule has 2 aromatic heterocycles. The fraction of sp³-hybridized carbons (Fsp3) is 0.227. The molecule has 4 aromatic rings. The van der Waals surface area contributed by atoms with Gasteiger partial charge in [-0.1, -0.05) is 29.5 Å². The van der Waals surface area contributed by atoms with E-state index in [0.29, 0.717) is 30.2 Å². The number of carbonyl (C=O) groups excluding carboxylic acids is 1. The Kier molecular flexibility index (Phi) is 5.88. The molecule has 2 heterocycles. The summed E-state index contributed by atoms with van der Waals surface area (Å²) in [6, 6.07) is 12.1. The minimum atomic E-state index is -3.42. The Hall–Kier alpha value is -3.04. The highest BCUT2D eigenvalue weighted by Crippen LogP contribution is 2.31. The van der Waals surface area contributed by atoms with Gasteiger partial charge in [0.05, 0.1) is 21.4 Å². The van der Waals surface area contributed by atoms with Crippen molar-refractivity contribution in [1.82, 2.24) is 14.5 Å². The molecular weight excluding hydrogens is 432 g/mol. The lowest BCUT2D eigenvalue weighted by Crippen LogP contribution is -2.32. The van der Waals surface area contributed by atoms with Gasteiger partial charge in [0.2, 0.25) is 0 Å². The summed E-state index contributed by atoms with van der Waals surface area (Å²) in [7, 11) is -3.42. The Morgan fingerprint density at radius 1 is 1.19 bits per heavy atom. The fourth-order valence-corrected chi connectivity index (χ4v) is 5.05. The molecule has 0 spiro atoms. The summed E-state index contributed by atoms with van der Waals surface area (Å²) in [5.74, 6) is -0.271. The second kappa shape index (κ2) is 8.60. The molecule has 0 saturated heterocycles. The van der Waals surface area contributed by atoms with Crippen molar-refractivity contribution in [3.63, 3.8) is 0 Å². The zero-order valence-corrected chi connectivity index (χ0v) is 18.9. The predicted octanol–water partition coefficient (Wildman–Crippen LogP) is 3.94. The second-order valence-electron chi connectivity index (χ2n) is 7.33. The average Bonchev–Trinajstić information content (AvgIpc) is 3.41. The molecule has 0 saturated carbocycles. The maximum absolute atomic E-state index is 13.5. The molecule has 0 radical (unpaired) electrons. The number of aryl methyl sites for hydroxylation is 2. The van der Waals surface area contributed by atoms with Gasteiger partial charge in [0.1, 0.15) is 0 Å². The van der Waals surface area contributed by atoms with Crippen LogP contribution in [0.1, 0.15) is 22.3 Å². The topological polar surface area (TPSA) is 85.2 Å². The smallest absolute Gasteiger partial charge is 0.260 e. The first-order valence-electron chi connectivity index (χ1n) is 9.77. The van der Waals surface area contributed by atoms with E-state index in [1.165, 1.54) is 23.5 Å². The van der Waals surface area contributed by atoms with Gasteiger partial charge in [-0.3, -0.25) is 9.69 Å². The van der Waals surface area contributed by atoms with E-state index in [1.54, 1.807) is 29.6 Å². The van der Waals surface area contributed by atoms with Gasteiger partial charge in [-0.05, 0) is 43.2 Å². The number of fused-ring (bicyclic) bond motifs is 1. The number of hydrogen-bond donors (Lipinski definition) is 0. The number of sulfone groups is 1. The van der Waals surface area contributed by atoms with Crippen molar-refractivity contribution in [3.8, 4) is 0 Å². The number of amides is 1. The number of para-hydroxylation sites is 1. The molecule has 0 aliphatic heterocycles. The molecule has 2 aromatic carbocycles. The number of benzene rings is 2. The highest BCUT2D eigenvalue weighted by molar-refractivity contribution is 7.90. The van der Waals surface area contributed by atoms with Crippen molar-refractivity contribution in [3.05, 3.63) is 72.3 Å². The van der Waals surface area contributed by atoms with Crippen LogP contribution in [-0.2, 0) is 16.4 Å². The second-order valence-corrected chi connectivity index (χ2v) is 10.4. The van der Waals surface area contributed by atoms with Gasteiger partial charge in [0.25, 0.3) is 5.91 Å².